The van der Waals surface area contributed by atoms with Crippen LogP contribution in [0.1, 0.15) is 11.3 Å². The van der Waals surface area contributed by atoms with Gasteiger partial charge in [-0.2, -0.15) is 10.2 Å². The maximum Gasteiger partial charge on any atom is 0.261 e. The fourth-order valence-electron chi connectivity index (χ4n) is 1.45. The summed E-state index contributed by atoms with van der Waals surface area (Å²) >= 11 is 0. The summed E-state index contributed by atoms with van der Waals surface area (Å²) in [6.45, 7) is 2.07. The van der Waals surface area contributed by atoms with Crippen molar-refractivity contribution in [3.63, 3.8) is 0 Å². The molecule has 0 bridgehead atoms. The number of hydrazone groups is 1. The number of aryl methyl sites for hydroxylation is 1. The zero-order chi connectivity index (χ0) is 12.8. The van der Waals surface area contributed by atoms with Crippen LogP contribution in [0.3, 0.4) is 0 Å². The molecule has 0 saturated heterocycles. The van der Waals surface area contributed by atoms with Crippen LogP contribution in [0.4, 0.5) is 0 Å². The van der Waals surface area contributed by atoms with E-state index in [1.165, 1.54) is 0 Å². The van der Waals surface area contributed by atoms with Crippen LogP contribution >= 0.6 is 0 Å². The van der Waals surface area contributed by atoms with E-state index in [-0.39, 0.29) is 12.5 Å². The summed E-state index contributed by atoms with van der Waals surface area (Å²) in [7, 11) is 0. The van der Waals surface area contributed by atoms with Gasteiger partial charge in [0.05, 0.1) is 6.21 Å². The number of nitrogens with zero attached hydrogens (tertiary/aromatic N) is 3. The molecule has 0 spiro atoms. The maximum absolute atomic E-state index is 11.6. The molecule has 18 heavy (non-hydrogen) atoms. The van der Waals surface area contributed by atoms with Crippen LogP contribution < -0.4 is 5.43 Å². The molecule has 5 heteroatoms. The molecule has 0 unspecified atom stereocenters. The third-order valence-electron chi connectivity index (χ3n) is 2.42. The Morgan fingerprint density at radius 3 is 2.83 bits per heavy atom. The average Bonchev–Trinajstić information content (AvgIpc) is 2.76. The summed E-state index contributed by atoms with van der Waals surface area (Å²) in [4.78, 5) is 11.6. The number of rotatable bonds is 4. The third-order valence-corrected chi connectivity index (χ3v) is 2.42. The topological polar surface area (TPSA) is 59.3 Å². The number of hydrogen-bond donors (Lipinski definition) is 1. The number of nitrogens with one attached hydrogen (secondary N) is 1. The van der Waals surface area contributed by atoms with Crippen LogP contribution in [0.25, 0.3) is 0 Å². The number of carbonyl (C=O) groups excluding carboxylic acids is 1. The van der Waals surface area contributed by atoms with Gasteiger partial charge in [-0.3, -0.25) is 9.48 Å². The van der Waals surface area contributed by atoms with E-state index in [0.717, 1.165) is 11.3 Å². The van der Waals surface area contributed by atoms with Crippen molar-refractivity contribution in [1.82, 2.24) is 15.2 Å². The second-order valence-electron chi connectivity index (χ2n) is 3.83. The van der Waals surface area contributed by atoms with E-state index in [1.54, 1.807) is 17.1 Å². The summed E-state index contributed by atoms with van der Waals surface area (Å²) in [5.41, 5.74) is 4.35. The number of aromatic nitrogens is 2. The molecule has 1 aromatic carbocycles. The third kappa shape index (κ3) is 3.28. The fourth-order valence-corrected chi connectivity index (χ4v) is 1.45. The maximum atomic E-state index is 11.6. The molecule has 1 aromatic heterocycles. The fraction of sp³-hybridized carbons (Fsp3) is 0.154. The van der Waals surface area contributed by atoms with Gasteiger partial charge in [-0.05, 0) is 18.6 Å². The number of hydrogen-bond acceptors (Lipinski definition) is 3. The lowest BCUT2D eigenvalue weighted by atomic mass is 10.2. The largest absolute Gasteiger partial charge is 0.271 e. The highest BCUT2D eigenvalue weighted by atomic mass is 16.2. The lowest BCUT2D eigenvalue weighted by Crippen LogP contribution is -2.24. The van der Waals surface area contributed by atoms with Crippen LogP contribution in [0, 0.1) is 6.92 Å². The Hall–Kier alpha value is -2.43. The highest BCUT2D eigenvalue weighted by Gasteiger charge is 2.03. The first-order valence-corrected chi connectivity index (χ1v) is 5.61. The Morgan fingerprint density at radius 2 is 2.17 bits per heavy atom. The van der Waals surface area contributed by atoms with Gasteiger partial charge in [-0.15, -0.1) is 0 Å². The monoisotopic (exact) mass is 242 g/mol. The Bertz CT molecular complexity index is 545. The normalized spacial score (nSPS) is 10.7. The predicted molar refractivity (Wildman–Crippen MR) is 69.1 cm³/mol. The molecule has 0 atom stereocenters. The number of carbonyl (C=O) groups is 1. The first kappa shape index (κ1) is 12.0. The zero-order valence-electron chi connectivity index (χ0n) is 10.1. The smallest absolute Gasteiger partial charge is 0.261 e. The lowest BCUT2D eigenvalue weighted by molar-refractivity contribution is -0.121. The van der Waals surface area contributed by atoms with Gasteiger partial charge in [0.25, 0.3) is 5.91 Å². The zero-order valence-corrected chi connectivity index (χ0v) is 10.1. The highest BCUT2D eigenvalue weighted by molar-refractivity contribution is 5.82. The van der Waals surface area contributed by atoms with Crippen LogP contribution in [-0.4, -0.2) is 21.9 Å². The molecule has 0 aliphatic carbocycles. The first-order valence-electron chi connectivity index (χ1n) is 5.61. The molecule has 1 heterocycles. The Labute approximate surface area is 105 Å². The van der Waals surface area contributed by atoms with Gasteiger partial charge in [-0.25, -0.2) is 5.43 Å². The quantitative estimate of drug-likeness (QED) is 0.649. The van der Waals surface area contributed by atoms with E-state index < -0.39 is 0 Å². The molecular weight excluding hydrogens is 228 g/mol. The molecule has 1 N–H and O–H groups in total. The van der Waals surface area contributed by atoms with Crippen molar-refractivity contribution in [2.45, 2.75) is 13.5 Å². The van der Waals surface area contributed by atoms with E-state index >= 15 is 0 Å². The molecule has 2 rings (SSSR count). The van der Waals surface area contributed by atoms with Crippen molar-refractivity contribution in [3.05, 3.63) is 53.9 Å². The van der Waals surface area contributed by atoms with Crippen molar-refractivity contribution in [1.29, 1.82) is 0 Å². The Balaban J connectivity index is 1.86. The highest BCUT2D eigenvalue weighted by Crippen LogP contribution is 1.95. The van der Waals surface area contributed by atoms with Gasteiger partial charge >= 0.3 is 0 Å². The van der Waals surface area contributed by atoms with Crippen molar-refractivity contribution in [3.8, 4) is 0 Å². The van der Waals surface area contributed by atoms with E-state index in [0.29, 0.717) is 0 Å². The summed E-state index contributed by atoms with van der Waals surface area (Å²) < 4.78 is 1.62. The summed E-state index contributed by atoms with van der Waals surface area (Å²) in [6.07, 6.45) is 3.27. The second-order valence-corrected chi connectivity index (χ2v) is 3.83. The minimum Gasteiger partial charge on any atom is -0.271 e. The van der Waals surface area contributed by atoms with E-state index in [9.17, 15) is 4.79 Å². The summed E-state index contributed by atoms with van der Waals surface area (Å²) in [5.74, 6) is -0.200. The predicted octanol–water partition coefficient (Wildman–Crippen LogP) is 1.34. The van der Waals surface area contributed by atoms with Crippen LogP contribution in [-0.2, 0) is 11.3 Å². The summed E-state index contributed by atoms with van der Waals surface area (Å²) in [5, 5.41) is 7.91. The SMILES string of the molecule is Cc1ccnn1CC(=O)N/N=C\c1ccccc1. The second kappa shape index (κ2) is 5.77. The van der Waals surface area contributed by atoms with Crippen molar-refractivity contribution >= 4 is 12.1 Å². The number of amides is 1. The molecule has 0 aliphatic rings. The van der Waals surface area contributed by atoms with Gasteiger partial charge in [0.1, 0.15) is 6.54 Å². The Morgan fingerprint density at radius 1 is 1.39 bits per heavy atom. The van der Waals surface area contributed by atoms with Crippen molar-refractivity contribution in [2.75, 3.05) is 0 Å². The molecule has 0 aliphatic heterocycles. The minimum atomic E-state index is -0.200. The molecule has 0 saturated carbocycles. The summed E-state index contributed by atoms with van der Waals surface area (Å²) in [6, 6.07) is 11.4. The van der Waals surface area contributed by atoms with Gasteiger partial charge in [-0.1, -0.05) is 30.3 Å². The van der Waals surface area contributed by atoms with Crippen LogP contribution in [0.5, 0.6) is 0 Å². The molecule has 92 valence electrons. The van der Waals surface area contributed by atoms with E-state index in [4.69, 9.17) is 0 Å². The number of benzene rings is 1. The first-order chi connectivity index (χ1) is 8.75. The van der Waals surface area contributed by atoms with E-state index in [2.05, 4.69) is 15.6 Å². The van der Waals surface area contributed by atoms with Crippen molar-refractivity contribution in [2.24, 2.45) is 5.10 Å². The average molecular weight is 242 g/mol. The van der Waals surface area contributed by atoms with Crippen molar-refractivity contribution < 1.29 is 4.79 Å². The van der Waals surface area contributed by atoms with E-state index in [1.807, 2.05) is 43.3 Å². The van der Waals surface area contributed by atoms with Gasteiger partial charge < -0.3 is 0 Å². The van der Waals surface area contributed by atoms with Gasteiger partial charge in [0, 0.05) is 11.9 Å². The standard InChI is InChI=1S/C13H14N4O/c1-11-7-8-15-17(11)10-13(18)16-14-9-12-5-3-2-4-6-12/h2-9H,10H2,1H3,(H,16,18)/b14-9-. The molecule has 5 nitrogen and oxygen atoms in total. The van der Waals surface area contributed by atoms with Gasteiger partial charge in [0.15, 0.2) is 0 Å². The molecule has 0 radical (unpaired) electrons. The molecular formula is C13H14N4O. The van der Waals surface area contributed by atoms with Crippen LogP contribution in [0.2, 0.25) is 0 Å². The molecule has 1 amide bonds. The minimum absolute atomic E-state index is 0.172. The molecule has 0 fully saturated rings. The Kier molecular flexibility index (Phi) is 3.86. The van der Waals surface area contributed by atoms with Gasteiger partial charge in [0.2, 0.25) is 0 Å². The molecule has 2 aromatic rings. The lowest BCUT2D eigenvalue weighted by Gasteiger charge is -2.02. The van der Waals surface area contributed by atoms with Crippen LogP contribution in [0.15, 0.2) is 47.7 Å².